The van der Waals surface area contributed by atoms with Crippen molar-refractivity contribution >= 4 is 11.9 Å². The average molecular weight is 296 g/mol. The van der Waals surface area contributed by atoms with E-state index in [-0.39, 0.29) is 24.8 Å². The molecule has 0 saturated carbocycles. The fourth-order valence-corrected chi connectivity index (χ4v) is 2.42. The number of carboxylic acids is 1. The number of aromatic nitrogens is 1. The maximum Gasteiger partial charge on any atom is 0.306 e. The molecule has 0 spiro atoms. The van der Waals surface area contributed by atoms with Crippen LogP contribution in [-0.2, 0) is 9.53 Å². The van der Waals surface area contributed by atoms with Gasteiger partial charge >= 0.3 is 5.97 Å². The van der Waals surface area contributed by atoms with Crippen molar-refractivity contribution in [1.82, 2.24) is 10.1 Å². The number of hydrogen-bond acceptors (Lipinski definition) is 5. The van der Waals surface area contributed by atoms with Crippen molar-refractivity contribution in [2.45, 2.75) is 39.2 Å². The van der Waals surface area contributed by atoms with E-state index < -0.39 is 12.1 Å². The number of nitrogens with zero attached hydrogens (tertiary/aromatic N) is 2. The van der Waals surface area contributed by atoms with Crippen molar-refractivity contribution < 1.29 is 24.0 Å². The van der Waals surface area contributed by atoms with Crippen molar-refractivity contribution in [3.63, 3.8) is 0 Å². The number of aliphatic carboxylic acids is 1. The Morgan fingerprint density at radius 3 is 2.81 bits per heavy atom. The van der Waals surface area contributed by atoms with E-state index in [4.69, 9.17) is 14.4 Å². The number of amides is 1. The molecular formula is C14H20N2O5. The predicted molar refractivity (Wildman–Crippen MR) is 73.2 cm³/mol. The Kier molecular flexibility index (Phi) is 4.62. The van der Waals surface area contributed by atoms with Gasteiger partial charge in [0, 0.05) is 19.0 Å². The van der Waals surface area contributed by atoms with E-state index in [0.717, 1.165) is 0 Å². The largest absolute Gasteiger partial charge is 0.481 e. The van der Waals surface area contributed by atoms with Crippen LogP contribution in [0.15, 0.2) is 4.52 Å². The summed E-state index contributed by atoms with van der Waals surface area (Å²) in [5.41, 5.74) is 1.05. The van der Waals surface area contributed by atoms with Gasteiger partial charge in [-0.25, -0.2) is 0 Å². The van der Waals surface area contributed by atoms with Crippen LogP contribution < -0.4 is 0 Å². The van der Waals surface area contributed by atoms with Crippen molar-refractivity contribution in [3.8, 4) is 0 Å². The van der Waals surface area contributed by atoms with Crippen LogP contribution in [0.3, 0.4) is 0 Å². The molecule has 2 rings (SSSR count). The Morgan fingerprint density at radius 1 is 1.48 bits per heavy atom. The summed E-state index contributed by atoms with van der Waals surface area (Å²) < 4.78 is 10.6. The van der Waals surface area contributed by atoms with E-state index in [1.54, 1.807) is 11.8 Å². The zero-order chi connectivity index (χ0) is 15.6. The summed E-state index contributed by atoms with van der Waals surface area (Å²) >= 11 is 0. The molecule has 1 atom stereocenters. The molecule has 1 fully saturated rings. The number of aryl methyl sites for hydroxylation is 1. The fraction of sp³-hybridized carbons (Fsp3) is 0.643. The second kappa shape index (κ2) is 6.26. The molecular weight excluding hydrogens is 276 g/mol. The van der Waals surface area contributed by atoms with Crippen LogP contribution in [0, 0.1) is 6.92 Å². The standard InChI is InChI=1S/C14H20N2O5/c1-8(2)13-12(9(3)15-21-13)14(19)16-4-5-20-10(7-16)6-11(17)18/h8,10H,4-7H2,1-3H3,(H,17,18). The molecule has 0 aliphatic carbocycles. The lowest BCUT2D eigenvalue weighted by Crippen LogP contribution is -2.46. The number of morpholine rings is 1. The first-order valence-corrected chi connectivity index (χ1v) is 6.99. The van der Waals surface area contributed by atoms with Gasteiger partial charge < -0.3 is 19.3 Å². The number of carbonyl (C=O) groups excluding carboxylic acids is 1. The zero-order valence-electron chi connectivity index (χ0n) is 12.5. The Labute approximate surface area is 122 Å². The van der Waals surface area contributed by atoms with Crippen LogP contribution in [0.5, 0.6) is 0 Å². The van der Waals surface area contributed by atoms with Gasteiger partial charge in [0.1, 0.15) is 5.56 Å². The highest BCUT2D eigenvalue weighted by Gasteiger charge is 2.31. The van der Waals surface area contributed by atoms with Gasteiger partial charge in [-0.15, -0.1) is 0 Å². The highest BCUT2D eigenvalue weighted by Crippen LogP contribution is 2.24. The van der Waals surface area contributed by atoms with Crippen LogP contribution in [0.25, 0.3) is 0 Å². The summed E-state index contributed by atoms with van der Waals surface area (Å²) in [6, 6.07) is 0. The third kappa shape index (κ3) is 3.41. The number of carbonyl (C=O) groups is 2. The minimum atomic E-state index is -0.932. The first-order valence-electron chi connectivity index (χ1n) is 6.99. The number of hydrogen-bond donors (Lipinski definition) is 1. The van der Waals surface area contributed by atoms with Gasteiger partial charge in [-0.3, -0.25) is 9.59 Å². The number of ether oxygens (including phenoxy) is 1. The van der Waals surface area contributed by atoms with Gasteiger partial charge in [-0.1, -0.05) is 19.0 Å². The van der Waals surface area contributed by atoms with Gasteiger partial charge in [0.15, 0.2) is 5.76 Å². The van der Waals surface area contributed by atoms with E-state index >= 15 is 0 Å². The van der Waals surface area contributed by atoms with Gasteiger partial charge in [-0.05, 0) is 6.92 Å². The minimum absolute atomic E-state index is 0.0565. The molecule has 0 aromatic carbocycles. The average Bonchev–Trinajstić information content (AvgIpc) is 2.79. The third-order valence-electron chi connectivity index (χ3n) is 3.46. The summed E-state index contributed by atoms with van der Waals surface area (Å²) in [5, 5.41) is 12.7. The van der Waals surface area contributed by atoms with Crippen LogP contribution >= 0.6 is 0 Å². The lowest BCUT2D eigenvalue weighted by molar-refractivity contribution is -0.141. The molecule has 0 bridgehead atoms. The third-order valence-corrected chi connectivity index (χ3v) is 3.46. The summed E-state index contributed by atoms with van der Waals surface area (Å²) in [6.45, 7) is 6.65. The Hall–Kier alpha value is -1.89. The summed E-state index contributed by atoms with van der Waals surface area (Å²) in [4.78, 5) is 25.0. The van der Waals surface area contributed by atoms with Crippen LogP contribution in [0.4, 0.5) is 0 Å². The van der Waals surface area contributed by atoms with E-state index in [9.17, 15) is 9.59 Å². The van der Waals surface area contributed by atoms with E-state index in [1.807, 2.05) is 13.8 Å². The number of rotatable bonds is 4. The van der Waals surface area contributed by atoms with Crippen molar-refractivity contribution in [2.24, 2.45) is 0 Å². The van der Waals surface area contributed by atoms with Crippen LogP contribution in [0.1, 0.15) is 48.0 Å². The molecule has 7 nitrogen and oxygen atoms in total. The lowest BCUT2D eigenvalue weighted by atomic mass is 10.0. The molecule has 1 aliphatic rings. The van der Waals surface area contributed by atoms with Gasteiger partial charge in [0.05, 0.1) is 24.8 Å². The van der Waals surface area contributed by atoms with Gasteiger partial charge in [-0.2, -0.15) is 0 Å². The molecule has 1 saturated heterocycles. The second-order valence-electron chi connectivity index (χ2n) is 5.50. The lowest BCUT2D eigenvalue weighted by Gasteiger charge is -2.32. The quantitative estimate of drug-likeness (QED) is 0.903. The molecule has 116 valence electrons. The van der Waals surface area contributed by atoms with Crippen molar-refractivity contribution in [2.75, 3.05) is 19.7 Å². The SMILES string of the molecule is Cc1noc(C(C)C)c1C(=O)N1CCOC(CC(=O)O)C1. The molecule has 21 heavy (non-hydrogen) atoms. The molecule has 1 unspecified atom stereocenters. The molecule has 0 radical (unpaired) electrons. The first-order chi connectivity index (χ1) is 9.90. The first kappa shape index (κ1) is 15.5. The normalized spacial score (nSPS) is 19.0. The van der Waals surface area contributed by atoms with Gasteiger partial charge in [0.25, 0.3) is 5.91 Å². The highest BCUT2D eigenvalue weighted by molar-refractivity contribution is 5.96. The molecule has 7 heteroatoms. The van der Waals surface area contributed by atoms with Gasteiger partial charge in [0.2, 0.25) is 0 Å². The maximum atomic E-state index is 12.7. The molecule has 1 N–H and O–H groups in total. The summed E-state index contributed by atoms with van der Waals surface area (Å²) in [7, 11) is 0. The maximum absolute atomic E-state index is 12.7. The second-order valence-corrected chi connectivity index (χ2v) is 5.50. The topological polar surface area (TPSA) is 92.9 Å². The van der Waals surface area contributed by atoms with E-state index in [1.165, 1.54) is 0 Å². The van der Waals surface area contributed by atoms with E-state index in [0.29, 0.717) is 30.2 Å². The van der Waals surface area contributed by atoms with E-state index in [2.05, 4.69) is 5.16 Å². The Bertz CT molecular complexity index is 537. The Balaban J connectivity index is 2.16. The summed E-state index contributed by atoms with van der Waals surface area (Å²) in [6.07, 6.45) is -0.577. The summed E-state index contributed by atoms with van der Waals surface area (Å²) in [5.74, 6) is -0.478. The molecule has 2 heterocycles. The zero-order valence-corrected chi connectivity index (χ0v) is 12.5. The number of carboxylic acid groups (broad SMARTS) is 1. The fourth-order valence-electron chi connectivity index (χ4n) is 2.42. The van der Waals surface area contributed by atoms with Crippen LogP contribution in [-0.4, -0.2) is 52.8 Å². The monoisotopic (exact) mass is 296 g/mol. The Morgan fingerprint density at radius 2 is 2.19 bits per heavy atom. The highest BCUT2D eigenvalue weighted by atomic mass is 16.5. The van der Waals surface area contributed by atoms with Crippen molar-refractivity contribution in [1.29, 1.82) is 0 Å². The van der Waals surface area contributed by atoms with Crippen molar-refractivity contribution in [3.05, 3.63) is 17.0 Å². The molecule has 1 aromatic heterocycles. The van der Waals surface area contributed by atoms with Crippen LogP contribution in [0.2, 0.25) is 0 Å². The smallest absolute Gasteiger partial charge is 0.306 e. The molecule has 1 aromatic rings. The predicted octanol–water partition coefficient (Wildman–Crippen LogP) is 1.42. The molecule has 1 aliphatic heterocycles. The molecule has 1 amide bonds. The minimum Gasteiger partial charge on any atom is -0.481 e.